The molecule has 1 aliphatic rings. The average molecular weight is 342 g/mol. The molecule has 134 valence electrons. The minimum Gasteiger partial charge on any atom is -0.453 e. The van der Waals surface area contributed by atoms with Crippen LogP contribution >= 0.6 is 0 Å². The molecular formula is C20H26N2O3. The first-order valence-corrected chi connectivity index (χ1v) is 9.18. The first kappa shape index (κ1) is 17.5. The monoisotopic (exact) mass is 342 g/mol. The van der Waals surface area contributed by atoms with Gasteiger partial charge in [-0.05, 0) is 44.2 Å². The van der Waals surface area contributed by atoms with E-state index in [1.165, 1.54) is 10.9 Å². The summed E-state index contributed by atoms with van der Waals surface area (Å²) in [6.45, 7) is 1.64. The van der Waals surface area contributed by atoms with Gasteiger partial charge in [0.2, 0.25) is 0 Å². The van der Waals surface area contributed by atoms with E-state index in [1.807, 2.05) is 24.4 Å². The van der Waals surface area contributed by atoms with Crippen LogP contribution < -0.4 is 5.32 Å². The number of aromatic amines is 1. The molecule has 2 N–H and O–H groups in total. The summed E-state index contributed by atoms with van der Waals surface area (Å²) < 4.78 is 5.27. The number of carbonyl (C=O) groups excluding carboxylic acids is 2. The van der Waals surface area contributed by atoms with Crippen molar-refractivity contribution in [3.05, 3.63) is 36.0 Å². The molecule has 5 heteroatoms. The molecule has 0 bridgehead atoms. The number of hydrogen-bond acceptors (Lipinski definition) is 3. The van der Waals surface area contributed by atoms with E-state index in [0.717, 1.165) is 37.6 Å². The van der Waals surface area contributed by atoms with Crippen LogP contribution in [0.2, 0.25) is 0 Å². The molecule has 1 aromatic carbocycles. The van der Waals surface area contributed by atoms with Crippen LogP contribution in [-0.4, -0.2) is 29.0 Å². The van der Waals surface area contributed by atoms with Gasteiger partial charge < -0.3 is 15.0 Å². The number of aryl methyl sites for hydroxylation is 1. The summed E-state index contributed by atoms with van der Waals surface area (Å²) in [4.78, 5) is 27.3. The van der Waals surface area contributed by atoms with Crippen LogP contribution in [0.4, 0.5) is 0 Å². The standard InChI is InChI=1S/C20H26N2O3/c1-14(20(24)22-16-8-2-3-9-16)25-19(23)12-6-7-15-13-21-18-11-5-4-10-17(15)18/h4-5,10-11,13-14,16,21H,2-3,6-9,12H2,1H3,(H,22,24)/t14-/m1/s1. The van der Waals surface area contributed by atoms with E-state index < -0.39 is 6.10 Å². The minimum atomic E-state index is -0.721. The molecule has 1 heterocycles. The fraction of sp³-hybridized carbons (Fsp3) is 0.500. The van der Waals surface area contributed by atoms with Crippen molar-refractivity contribution in [2.45, 2.75) is 64.0 Å². The largest absolute Gasteiger partial charge is 0.453 e. The maximum absolute atomic E-state index is 12.0. The summed E-state index contributed by atoms with van der Waals surface area (Å²) in [6, 6.07) is 8.37. The molecule has 0 aliphatic heterocycles. The Kier molecular flexibility index (Phi) is 5.74. The lowest BCUT2D eigenvalue weighted by Gasteiger charge is -2.17. The van der Waals surface area contributed by atoms with Crippen LogP contribution in [0, 0.1) is 0 Å². The fourth-order valence-electron chi connectivity index (χ4n) is 3.46. The fourth-order valence-corrected chi connectivity index (χ4v) is 3.46. The topological polar surface area (TPSA) is 71.2 Å². The third-order valence-electron chi connectivity index (χ3n) is 4.88. The van der Waals surface area contributed by atoms with Gasteiger partial charge in [-0.1, -0.05) is 31.0 Å². The van der Waals surface area contributed by atoms with E-state index in [-0.39, 0.29) is 17.9 Å². The molecule has 1 aromatic heterocycles. The van der Waals surface area contributed by atoms with Crippen LogP contribution in [0.3, 0.4) is 0 Å². The van der Waals surface area contributed by atoms with E-state index in [9.17, 15) is 9.59 Å². The molecule has 1 saturated carbocycles. The molecule has 0 saturated heterocycles. The van der Waals surface area contributed by atoms with E-state index in [2.05, 4.69) is 16.4 Å². The lowest BCUT2D eigenvalue weighted by molar-refractivity contribution is -0.155. The number of hydrogen-bond donors (Lipinski definition) is 2. The van der Waals surface area contributed by atoms with Gasteiger partial charge in [-0.25, -0.2) is 0 Å². The van der Waals surface area contributed by atoms with Crippen molar-refractivity contribution in [1.29, 1.82) is 0 Å². The summed E-state index contributed by atoms with van der Waals surface area (Å²) in [5.74, 6) is -0.495. The SMILES string of the molecule is C[C@@H](OC(=O)CCCc1c[nH]c2ccccc12)C(=O)NC1CCCC1. The van der Waals surface area contributed by atoms with Crippen molar-refractivity contribution in [2.24, 2.45) is 0 Å². The quantitative estimate of drug-likeness (QED) is 0.757. The molecule has 1 amide bonds. The third kappa shape index (κ3) is 4.62. The Morgan fingerprint density at radius 1 is 1.28 bits per heavy atom. The zero-order chi connectivity index (χ0) is 17.6. The number of ether oxygens (including phenoxy) is 1. The number of rotatable bonds is 7. The van der Waals surface area contributed by atoms with Gasteiger partial charge in [-0.3, -0.25) is 9.59 Å². The molecular weight excluding hydrogens is 316 g/mol. The Balaban J connectivity index is 1.40. The molecule has 1 fully saturated rings. The summed E-state index contributed by atoms with van der Waals surface area (Å²) in [7, 11) is 0. The van der Waals surface area contributed by atoms with E-state index in [1.54, 1.807) is 6.92 Å². The third-order valence-corrected chi connectivity index (χ3v) is 4.88. The summed E-state index contributed by atoms with van der Waals surface area (Å²) in [5.41, 5.74) is 2.31. The first-order valence-electron chi connectivity index (χ1n) is 9.18. The van der Waals surface area contributed by atoms with Gasteiger partial charge in [0, 0.05) is 29.6 Å². The van der Waals surface area contributed by atoms with Crippen LogP contribution in [0.5, 0.6) is 0 Å². The van der Waals surface area contributed by atoms with Crippen molar-refractivity contribution in [3.8, 4) is 0 Å². The number of carbonyl (C=O) groups is 2. The Bertz CT molecular complexity index is 731. The zero-order valence-corrected chi connectivity index (χ0v) is 14.7. The number of benzene rings is 1. The molecule has 25 heavy (non-hydrogen) atoms. The smallest absolute Gasteiger partial charge is 0.306 e. The van der Waals surface area contributed by atoms with Crippen LogP contribution in [0.15, 0.2) is 30.5 Å². The number of fused-ring (bicyclic) bond motifs is 1. The van der Waals surface area contributed by atoms with Crippen molar-refractivity contribution >= 4 is 22.8 Å². The average Bonchev–Trinajstić information content (AvgIpc) is 3.25. The summed E-state index contributed by atoms with van der Waals surface area (Å²) in [5, 5.41) is 4.16. The maximum atomic E-state index is 12.0. The second-order valence-corrected chi connectivity index (χ2v) is 6.84. The second-order valence-electron chi connectivity index (χ2n) is 6.84. The molecule has 0 unspecified atom stereocenters. The molecule has 0 spiro atoms. The lowest BCUT2D eigenvalue weighted by Crippen LogP contribution is -2.40. The van der Waals surface area contributed by atoms with Gasteiger partial charge in [0.25, 0.3) is 5.91 Å². The van der Waals surface area contributed by atoms with Crippen molar-refractivity contribution in [2.75, 3.05) is 0 Å². The highest BCUT2D eigenvalue weighted by atomic mass is 16.5. The van der Waals surface area contributed by atoms with Crippen molar-refractivity contribution in [1.82, 2.24) is 10.3 Å². The lowest BCUT2D eigenvalue weighted by atomic mass is 10.1. The molecule has 5 nitrogen and oxygen atoms in total. The number of nitrogens with one attached hydrogen (secondary N) is 2. The van der Waals surface area contributed by atoms with Gasteiger partial charge in [-0.2, -0.15) is 0 Å². The highest BCUT2D eigenvalue weighted by Gasteiger charge is 2.22. The predicted octanol–water partition coefficient (Wildman–Crippen LogP) is 3.48. The normalized spacial score (nSPS) is 16.0. The Labute approximate surface area is 148 Å². The molecule has 3 rings (SSSR count). The number of aromatic nitrogens is 1. The molecule has 1 aliphatic carbocycles. The van der Waals surface area contributed by atoms with E-state index in [4.69, 9.17) is 4.74 Å². The van der Waals surface area contributed by atoms with Crippen LogP contribution in [0.1, 0.15) is 51.0 Å². The minimum absolute atomic E-state index is 0.183. The second kappa shape index (κ2) is 8.19. The number of para-hydroxylation sites is 1. The Morgan fingerprint density at radius 2 is 2.04 bits per heavy atom. The highest BCUT2D eigenvalue weighted by molar-refractivity contribution is 5.84. The predicted molar refractivity (Wildman–Crippen MR) is 97.2 cm³/mol. The summed E-state index contributed by atoms with van der Waals surface area (Å²) >= 11 is 0. The number of esters is 1. The Morgan fingerprint density at radius 3 is 2.84 bits per heavy atom. The number of amides is 1. The van der Waals surface area contributed by atoms with Gasteiger partial charge in [0.05, 0.1) is 0 Å². The van der Waals surface area contributed by atoms with E-state index >= 15 is 0 Å². The van der Waals surface area contributed by atoms with Gasteiger partial charge in [0.1, 0.15) is 0 Å². The summed E-state index contributed by atoms with van der Waals surface area (Å²) in [6.07, 6.45) is 7.47. The molecule has 1 atom stereocenters. The van der Waals surface area contributed by atoms with Crippen LogP contribution in [-0.2, 0) is 20.7 Å². The van der Waals surface area contributed by atoms with Gasteiger partial charge >= 0.3 is 5.97 Å². The number of H-pyrrole nitrogens is 1. The zero-order valence-electron chi connectivity index (χ0n) is 14.7. The van der Waals surface area contributed by atoms with Crippen molar-refractivity contribution in [3.63, 3.8) is 0 Å². The molecule has 0 radical (unpaired) electrons. The van der Waals surface area contributed by atoms with Gasteiger partial charge in [-0.15, -0.1) is 0 Å². The Hall–Kier alpha value is -2.30. The van der Waals surface area contributed by atoms with E-state index in [0.29, 0.717) is 12.8 Å². The first-order chi connectivity index (χ1) is 12.1. The highest BCUT2D eigenvalue weighted by Crippen LogP contribution is 2.20. The maximum Gasteiger partial charge on any atom is 0.306 e. The van der Waals surface area contributed by atoms with Crippen LogP contribution in [0.25, 0.3) is 10.9 Å². The van der Waals surface area contributed by atoms with Crippen molar-refractivity contribution < 1.29 is 14.3 Å². The molecule has 2 aromatic rings. The van der Waals surface area contributed by atoms with Gasteiger partial charge in [0.15, 0.2) is 6.10 Å².